The fraction of sp³-hybridized carbons (Fsp3) is 0.158. The van der Waals surface area contributed by atoms with Crippen molar-refractivity contribution in [2.24, 2.45) is 0 Å². The molecule has 0 aliphatic rings. The second-order valence-corrected chi connectivity index (χ2v) is 5.40. The van der Waals surface area contributed by atoms with Crippen molar-refractivity contribution in [3.8, 4) is 28.3 Å². The van der Waals surface area contributed by atoms with Crippen LogP contribution in [0.1, 0.15) is 22.8 Å². The quantitative estimate of drug-likeness (QED) is 0.733. The topological polar surface area (TPSA) is 55.0 Å². The molecule has 116 valence electrons. The molecular weight excluding hydrogens is 288 g/mol. The Kier molecular flexibility index (Phi) is 3.98. The molecule has 0 atom stereocenters. The zero-order valence-corrected chi connectivity index (χ0v) is 13.4. The van der Waals surface area contributed by atoms with Gasteiger partial charge in [-0.3, -0.25) is 9.78 Å². The summed E-state index contributed by atoms with van der Waals surface area (Å²) < 4.78 is 5.20. The summed E-state index contributed by atoms with van der Waals surface area (Å²) in [5, 5.41) is 0. The van der Waals surface area contributed by atoms with Crippen LogP contribution in [-0.2, 0) is 0 Å². The second-order valence-electron chi connectivity index (χ2n) is 5.40. The first-order valence-electron chi connectivity index (χ1n) is 7.40. The molecule has 0 amide bonds. The van der Waals surface area contributed by atoms with Crippen LogP contribution in [0.15, 0.2) is 48.8 Å². The van der Waals surface area contributed by atoms with Crippen LogP contribution in [0.4, 0.5) is 0 Å². The lowest BCUT2D eigenvalue weighted by Crippen LogP contribution is -1.95. The van der Waals surface area contributed by atoms with E-state index in [1.165, 1.54) is 0 Å². The predicted molar refractivity (Wildman–Crippen MR) is 90.8 cm³/mol. The van der Waals surface area contributed by atoms with Crippen molar-refractivity contribution in [2.75, 3.05) is 7.11 Å². The van der Waals surface area contributed by atoms with Crippen LogP contribution in [0.5, 0.6) is 5.75 Å². The highest BCUT2D eigenvalue weighted by Gasteiger charge is 2.19. The first-order chi connectivity index (χ1) is 11.1. The number of nitrogens with one attached hydrogen (secondary N) is 1. The normalized spacial score (nSPS) is 10.6. The lowest BCUT2D eigenvalue weighted by atomic mass is 10.0. The van der Waals surface area contributed by atoms with Gasteiger partial charge in [0.1, 0.15) is 5.75 Å². The molecule has 0 saturated carbocycles. The fourth-order valence-electron chi connectivity index (χ4n) is 2.82. The Hall–Kier alpha value is -2.88. The number of rotatable bonds is 4. The third-order valence-electron chi connectivity index (χ3n) is 3.95. The molecule has 2 heterocycles. The first-order valence-corrected chi connectivity index (χ1v) is 7.40. The lowest BCUT2D eigenvalue weighted by Gasteiger charge is -2.04. The number of pyridine rings is 1. The van der Waals surface area contributed by atoms with Crippen LogP contribution in [0.3, 0.4) is 0 Å². The number of benzene rings is 1. The molecule has 1 N–H and O–H groups in total. The van der Waals surface area contributed by atoms with Crippen LogP contribution in [0.25, 0.3) is 22.5 Å². The summed E-state index contributed by atoms with van der Waals surface area (Å²) >= 11 is 0. The number of hydrogen-bond donors (Lipinski definition) is 1. The lowest BCUT2D eigenvalue weighted by molar-refractivity contribution is 0.101. The van der Waals surface area contributed by atoms with Crippen molar-refractivity contribution in [2.45, 2.75) is 13.8 Å². The molecular formula is C19H18N2O2. The SMILES string of the molecule is COc1ccc(-c2[nH]c(-c3ccncc3)c(C)c2C(C)=O)cc1. The van der Waals surface area contributed by atoms with E-state index in [0.29, 0.717) is 0 Å². The van der Waals surface area contributed by atoms with Crippen LogP contribution in [-0.4, -0.2) is 22.9 Å². The van der Waals surface area contributed by atoms with Gasteiger partial charge in [-0.2, -0.15) is 0 Å². The second kappa shape index (κ2) is 6.08. The highest BCUT2D eigenvalue weighted by atomic mass is 16.5. The highest BCUT2D eigenvalue weighted by molar-refractivity contribution is 6.03. The third kappa shape index (κ3) is 2.75. The molecule has 0 radical (unpaired) electrons. The van der Waals surface area contributed by atoms with E-state index >= 15 is 0 Å². The highest BCUT2D eigenvalue weighted by Crippen LogP contribution is 2.34. The molecule has 3 rings (SSSR count). The first kappa shape index (κ1) is 15.0. The van der Waals surface area contributed by atoms with Crippen LogP contribution >= 0.6 is 0 Å². The maximum absolute atomic E-state index is 12.2. The zero-order valence-electron chi connectivity index (χ0n) is 13.4. The van der Waals surface area contributed by atoms with E-state index in [2.05, 4.69) is 9.97 Å². The van der Waals surface area contributed by atoms with Gasteiger partial charge < -0.3 is 9.72 Å². The number of ketones is 1. The number of Topliss-reactive ketones (excluding diaryl/α,β-unsaturated/α-hetero) is 1. The maximum Gasteiger partial charge on any atom is 0.162 e. The van der Waals surface area contributed by atoms with E-state index in [1.54, 1.807) is 26.4 Å². The van der Waals surface area contributed by atoms with Crippen molar-refractivity contribution in [3.63, 3.8) is 0 Å². The Morgan fingerprint density at radius 2 is 1.61 bits per heavy atom. The third-order valence-corrected chi connectivity index (χ3v) is 3.95. The predicted octanol–water partition coefficient (Wildman–Crippen LogP) is 4.26. The van der Waals surface area contributed by atoms with Gasteiger partial charge in [0, 0.05) is 29.2 Å². The van der Waals surface area contributed by atoms with Gasteiger partial charge in [0.05, 0.1) is 12.8 Å². The van der Waals surface area contributed by atoms with Crippen molar-refractivity contribution in [3.05, 3.63) is 59.9 Å². The van der Waals surface area contributed by atoms with Gasteiger partial charge in [0.2, 0.25) is 0 Å². The van der Waals surface area contributed by atoms with Crippen molar-refractivity contribution in [1.29, 1.82) is 0 Å². The van der Waals surface area contributed by atoms with Gasteiger partial charge in [-0.25, -0.2) is 0 Å². The van der Waals surface area contributed by atoms with Gasteiger partial charge >= 0.3 is 0 Å². The molecule has 2 aromatic heterocycles. The Morgan fingerprint density at radius 1 is 1.00 bits per heavy atom. The van der Waals surface area contributed by atoms with E-state index in [9.17, 15) is 4.79 Å². The number of aromatic nitrogens is 2. The van der Waals surface area contributed by atoms with Gasteiger partial charge in [0.25, 0.3) is 0 Å². The molecule has 1 aromatic carbocycles. The van der Waals surface area contributed by atoms with Crippen molar-refractivity contribution in [1.82, 2.24) is 9.97 Å². The van der Waals surface area contributed by atoms with Crippen LogP contribution in [0.2, 0.25) is 0 Å². The monoisotopic (exact) mass is 306 g/mol. The fourth-order valence-corrected chi connectivity index (χ4v) is 2.82. The van der Waals surface area contributed by atoms with Gasteiger partial charge in [0.15, 0.2) is 5.78 Å². The molecule has 0 fully saturated rings. The Bertz CT molecular complexity index is 834. The van der Waals surface area contributed by atoms with Crippen LogP contribution < -0.4 is 4.74 Å². The largest absolute Gasteiger partial charge is 0.497 e. The molecule has 4 nitrogen and oxygen atoms in total. The summed E-state index contributed by atoms with van der Waals surface area (Å²) in [7, 11) is 1.64. The molecule has 0 aliphatic heterocycles. The van der Waals surface area contributed by atoms with Gasteiger partial charge in [-0.05, 0) is 61.4 Å². The Balaban J connectivity index is 2.18. The number of hydrogen-bond acceptors (Lipinski definition) is 3. The summed E-state index contributed by atoms with van der Waals surface area (Å²) in [6.45, 7) is 3.57. The number of carbonyl (C=O) groups excluding carboxylic acids is 1. The van der Waals surface area contributed by atoms with E-state index in [4.69, 9.17) is 4.74 Å². The summed E-state index contributed by atoms with van der Waals surface area (Å²) in [4.78, 5) is 19.6. The smallest absolute Gasteiger partial charge is 0.162 e. The molecule has 3 aromatic rings. The summed E-state index contributed by atoms with van der Waals surface area (Å²) in [6, 6.07) is 11.5. The molecule has 23 heavy (non-hydrogen) atoms. The molecule has 0 spiro atoms. The Morgan fingerprint density at radius 3 is 2.17 bits per heavy atom. The van der Waals surface area contributed by atoms with Gasteiger partial charge in [-0.15, -0.1) is 0 Å². The minimum Gasteiger partial charge on any atom is -0.497 e. The van der Waals surface area contributed by atoms with E-state index in [1.807, 2.05) is 43.3 Å². The summed E-state index contributed by atoms with van der Waals surface area (Å²) in [5.74, 6) is 0.834. The Labute approximate surface area is 135 Å². The molecule has 4 heteroatoms. The number of H-pyrrole nitrogens is 1. The molecule has 0 saturated heterocycles. The number of methoxy groups -OCH3 is 1. The number of nitrogens with zero attached hydrogens (tertiary/aromatic N) is 1. The standard InChI is InChI=1S/C19H18N2O2/c1-12-17(13(2)22)19(14-4-6-16(23-3)7-5-14)21-18(12)15-8-10-20-11-9-15/h4-11,21H,1-3H3. The van der Waals surface area contributed by atoms with Crippen molar-refractivity contribution < 1.29 is 9.53 Å². The van der Waals surface area contributed by atoms with Crippen LogP contribution in [0, 0.1) is 6.92 Å². The summed E-state index contributed by atoms with van der Waals surface area (Å²) in [5.41, 5.74) is 5.43. The zero-order chi connectivity index (χ0) is 16.4. The average molecular weight is 306 g/mol. The summed E-state index contributed by atoms with van der Waals surface area (Å²) in [6.07, 6.45) is 3.49. The number of carbonyl (C=O) groups is 1. The molecule has 0 aliphatic carbocycles. The minimum atomic E-state index is 0.0462. The van der Waals surface area contributed by atoms with Crippen molar-refractivity contribution >= 4 is 5.78 Å². The minimum absolute atomic E-state index is 0.0462. The van der Waals surface area contributed by atoms with E-state index < -0.39 is 0 Å². The molecule has 0 unspecified atom stereocenters. The number of aromatic amines is 1. The molecule has 0 bridgehead atoms. The van der Waals surface area contributed by atoms with E-state index in [0.717, 1.165) is 39.4 Å². The van der Waals surface area contributed by atoms with E-state index in [-0.39, 0.29) is 5.78 Å². The van der Waals surface area contributed by atoms with Gasteiger partial charge in [-0.1, -0.05) is 0 Å². The average Bonchev–Trinajstić information content (AvgIpc) is 2.93. The number of ether oxygens (including phenoxy) is 1. The maximum atomic E-state index is 12.2.